The fourth-order valence-electron chi connectivity index (χ4n) is 3.12. The molecule has 1 heterocycles. The zero-order valence-corrected chi connectivity index (χ0v) is 17.8. The third kappa shape index (κ3) is 4.68. The van der Waals surface area contributed by atoms with Crippen molar-refractivity contribution in [2.45, 2.75) is 25.2 Å². The Morgan fingerprint density at radius 1 is 1.14 bits per heavy atom. The second-order valence-electron chi connectivity index (χ2n) is 6.86. The Kier molecular flexibility index (Phi) is 6.71. The monoisotopic (exact) mass is 456 g/mol. The highest BCUT2D eigenvalue weighted by molar-refractivity contribution is 6.35. The van der Waals surface area contributed by atoms with Crippen molar-refractivity contribution in [3.63, 3.8) is 0 Å². The van der Waals surface area contributed by atoms with Crippen LogP contribution in [0.5, 0.6) is 0 Å². The second-order valence-corrected chi connectivity index (χ2v) is 8.11. The standard InChI is InChI=1S/C20H19Cl3N2O4/c1-20(15-7-6-13(21)8-17(15)23)18(27)25(19(28)24-20)9-14(26)11-29-10-12-4-2-3-5-16(12)22/h2-8,14,26H,9-11H2,1H3,(H,24,28). The number of carbonyl (C=O) groups excluding carboxylic acids is 2. The summed E-state index contributed by atoms with van der Waals surface area (Å²) in [5, 5.41) is 14.1. The van der Waals surface area contributed by atoms with Crippen LogP contribution in [0.25, 0.3) is 0 Å². The molecule has 1 fully saturated rings. The van der Waals surface area contributed by atoms with Crippen LogP contribution >= 0.6 is 34.8 Å². The van der Waals surface area contributed by atoms with Crippen molar-refractivity contribution >= 4 is 46.7 Å². The van der Waals surface area contributed by atoms with Crippen LogP contribution < -0.4 is 5.32 Å². The lowest BCUT2D eigenvalue weighted by Crippen LogP contribution is -2.42. The number of aliphatic hydroxyl groups is 1. The maximum absolute atomic E-state index is 12.9. The van der Waals surface area contributed by atoms with Gasteiger partial charge in [-0.25, -0.2) is 4.79 Å². The predicted octanol–water partition coefficient (Wildman–Crippen LogP) is 3.99. The molecule has 2 unspecified atom stereocenters. The van der Waals surface area contributed by atoms with Crippen molar-refractivity contribution in [3.8, 4) is 0 Å². The van der Waals surface area contributed by atoms with Crippen molar-refractivity contribution in [1.82, 2.24) is 10.2 Å². The van der Waals surface area contributed by atoms with Gasteiger partial charge in [-0.05, 0) is 30.7 Å². The van der Waals surface area contributed by atoms with E-state index in [4.69, 9.17) is 39.5 Å². The lowest BCUT2D eigenvalue weighted by molar-refractivity contribution is -0.132. The number of imide groups is 1. The smallest absolute Gasteiger partial charge is 0.325 e. The molecule has 0 aliphatic carbocycles. The fourth-order valence-corrected chi connectivity index (χ4v) is 3.91. The lowest BCUT2D eigenvalue weighted by atomic mass is 9.92. The molecule has 2 aromatic rings. The Labute approximate surface area is 183 Å². The van der Waals surface area contributed by atoms with E-state index in [0.717, 1.165) is 10.5 Å². The summed E-state index contributed by atoms with van der Waals surface area (Å²) in [5.41, 5.74) is -0.146. The summed E-state index contributed by atoms with van der Waals surface area (Å²) in [6.07, 6.45) is -1.06. The van der Waals surface area contributed by atoms with Gasteiger partial charge in [0.25, 0.3) is 5.91 Å². The number of β-amino-alcohol motifs (C(OH)–C–C–N with tert-alkyl or cyclic N) is 1. The van der Waals surface area contributed by atoms with Crippen molar-refractivity contribution in [2.75, 3.05) is 13.2 Å². The number of aliphatic hydroxyl groups excluding tert-OH is 1. The van der Waals surface area contributed by atoms with E-state index >= 15 is 0 Å². The van der Waals surface area contributed by atoms with E-state index in [1.54, 1.807) is 25.1 Å². The van der Waals surface area contributed by atoms with Gasteiger partial charge in [0, 0.05) is 20.6 Å². The molecule has 6 nitrogen and oxygen atoms in total. The average Bonchev–Trinajstić information content (AvgIpc) is 2.87. The van der Waals surface area contributed by atoms with Gasteiger partial charge in [-0.15, -0.1) is 0 Å². The maximum atomic E-state index is 12.9. The Morgan fingerprint density at radius 3 is 2.55 bits per heavy atom. The normalized spacial score (nSPS) is 20.1. The zero-order valence-electron chi connectivity index (χ0n) is 15.5. The predicted molar refractivity (Wildman–Crippen MR) is 111 cm³/mol. The molecule has 2 aromatic carbocycles. The molecule has 0 bridgehead atoms. The minimum Gasteiger partial charge on any atom is -0.389 e. The topological polar surface area (TPSA) is 78.9 Å². The van der Waals surface area contributed by atoms with Gasteiger partial charge >= 0.3 is 6.03 Å². The highest BCUT2D eigenvalue weighted by Gasteiger charge is 2.50. The summed E-state index contributed by atoms with van der Waals surface area (Å²) < 4.78 is 5.47. The van der Waals surface area contributed by atoms with Crippen molar-refractivity contribution in [1.29, 1.82) is 0 Å². The van der Waals surface area contributed by atoms with Gasteiger partial charge in [0.2, 0.25) is 0 Å². The number of nitrogens with zero attached hydrogens (tertiary/aromatic N) is 1. The molecule has 1 aliphatic heterocycles. The molecular weight excluding hydrogens is 439 g/mol. The SMILES string of the molecule is CC1(c2ccc(Cl)cc2Cl)NC(=O)N(CC(O)COCc2ccccc2Cl)C1=O. The van der Waals surface area contributed by atoms with Crippen LogP contribution in [0.15, 0.2) is 42.5 Å². The zero-order chi connectivity index (χ0) is 21.2. The van der Waals surface area contributed by atoms with Gasteiger partial charge in [0.1, 0.15) is 5.54 Å². The van der Waals surface area contributed by atoms with E-state index < -0.39 is 23.6 Å². The Balaban J connectivity index is 1.63. The number of rotatable bonds is 7. The van der Waals surface area contributed by atoms with Crippen LogP contribution in [0.1, 0.15) is 18.1 Å². The van der Waals surface area contributed by atoms with Gasteiger partial charge in [0.15, 0.2) is 0 Å². The first-order valence-corrected chi connectivity index (χ1v) is 9.94. The number of carbonyl (C=O) groups is 2. The number of nitrogens with one attached hydrogen (secondary N) is 1. The first-order chi connectivity index (χ1) is 13.7. The maximum Gasteiger partial charge on any atom is 0.325 e. The molecule has 9 heteroatoms. The minimum absolute atomic E-state index is 0.0688. The van der Waals surface area contributed by atoms with Gasteiger partial charge in [-0.1, -0.05) is 59.1 Å². The van der Waals surface area contributed by atoms with Crippen LogP contribution in [0, 0.1) is 0 Å². The van der Waals surface area contributed by atoms with Gasteiger partial charge in [-0.3, -0.25) is 9.69 Å². The third-order valence-corrected chi connectivity index (χ3v) is 5.58. The van der Waals surface area contributed by atoms with Crippen molar-refractivity contribution in [2.24, 2.45) is 0 Å². The Morgan fingerprint density at radius 2 is 1.86 bits per heavy atom. The number of hydrogen-bond donors (Lipinski definition) is 2. The van der Waals surface area contributed by atoms with Gasteiger partial charge < -0.3 is 15.2 Å². The quantitative estimate of drug-likeness (QED) is 0.616. The summed E-state index contributed by atoms with van der Waals surface area (Å²) in [6, 6.07) is 11.3. The molecule has 154 valence electrons. The number of ether oxygens (including phenoxy) is 1. The highest BCUT2D eigenvalue weighted by atomic mass is 35.5. The van der Waals surface area contributed by atoms with Crippen LogP contribution in [-0.2, 0) is 21.7 Å². The molecule has 0 saturated carbocycles. The molecule has 2 atom stereocenters. The van der Waals surface area contributed by atoms with Crippen LogP contribution in [-0.4, -0.2) is 41.2 Å². The largest absolute Gasteiger partial charge is 0.389 e. The highest BCUT2D eigenvalue weighted by Crippen LogP contribution is 2.35. The molecule has 0 spiro atoms. The molecule has 0 aromatic heterocycles. The molecule has 29 heavy (non-hydrogen) atoms. The van der Waals surface area contributed by atoms with Crippen LogP contribution in [0.4, 0.5) is 4.79 Å². The van der Waals surface area contributed by atoms with E-state index in [2.05, 4.69) is 5.32 Å². The summed E-state index contributed by atoms with van der Waals surface area (Å²) in [7, 11) is 0. The van der Waals surface area contributed by atoms with E-state index in [-0.39, 0.29) is 24.8 Å². The summed E-state index contributed by atoms with van der Waals surface area (Å²) in [6.45, 7) is 1.48. The molecule has 0 radical (unpaired) electrons. The van der Waals surface area contributed by atoms with Gasteiger partial charge in [0.05, 0.1) is 25.9 Å². The summed E-state index contributed by atoms with van der Waals surface area (Å²) >= 11 is 18.2. The summed E-state index contributed by atoms with van der Waals surface area (Å²) in [5.74, 6) is -0.517. The van der Waals surface area contributed by atoms with E-state index in [1.807, 2.05) is 18.2 Å². The Bertz CT molecular complexity index is 940. The molecule has 1 aliphatic rings. The Hall–Kier alpha value is -1.83. The van der Waals surface area contributed by atoms with Crippen molar-refractivity contribution in [3.05, 3.63) is 68.7 Å². The molecule has 1 saturated heterocycles. The number of benzene rings is 2. The molecule has 2 N–H and O–H groups in total. The van der Waals surface area contributed by atoms with E-state index in [9.17, 15) is 14.7 Å². The molecular formula is C20H19Cl3N2O4. The number of hydrogen-bond acceptors (Lipinski definition) is 4. The summed E-state index contributed by atoms with van der Waals surface area (Å²) in [4.78, 5) is 26.3. The van der Waals surface area contributed by atoms with E-state index in [0.29, 0.717) is 15.6 Å². The van der Waals surface area contributed by atoms with Gasteiger partial charge in [-0.2, -0.15) is 0 Å². The van der Waals surface area contributed by atoms with Crippen molar-refractivity contribution < 1.29 is 19.4 Å². The first kappa shape index (κ1) is 21.9. The van der Waals surface area contributed by atoms with Crippen LogP contribution in [0.3, 0.4) is 0 Å². The number of amides is 3. The fraction of sp³-hybridized carbons (Fsp3) is 0.300. The minimum atomic E-state index is -1.35. The third-order valence-electron chi connectivity index (χ3n) is 4.66. The lowest BCUT2D eigenvalue weighted by Gasteiger charge is -2.24. The van der Waals surface area contributed by atoms with E-state index in [1.165, 1.54) is 6.07 Å². The number of urea groups is 1. The number of halogens is 3. The second kappa shape index (κ2) is 8.90. The average molecular weight is 458 g/mol. The van der Waals surface area contributed by atoms with Crippen LogP contribution in [0.2, 0.25) is 15.1 Å². The first-order valence-electron chi connectivity index (χ1n) is 8.81. The molecule has 3 rings (SSSR count). The molecule has 3 amide bonds.